The fraction of sp³-hybridized carbons (Fsp3) is 0.286. The normalized spacial score (nSPS) is 11.4. The number of nitrogens with zero attached hydrogens (tertiary/aromatic N) is 1. The summed E-state index contributed by atoms with van der Waals surface area (Å²) in [5.41, 5.74) is 4.05. The highest BCUT2D eigenvalue weighted by Crippen LogP contribution is 2.15. The molecule has 2 rings (SSSR count). The van der Waals surface area contributed by atoms with Crippen LogP contribution in [0, 0.1) is 13.8 Å². The summed E-state index contributed by atoms with van der Waals surface area (Å²) in [5, 5.41) is 4.43. The molecule has 0 fully saturated rings. The van der Waals surface area contributed by atoms with E-state index in [1.165, 1.54) is 11.3 Å². The largest absolute Gasteiger partial charge is 0.349 e. The number of aryl methyl sites for hydroxylation is 2. The first kappa shape index (κ1) is 16.6. The molecule has 2 aromatic rings. The average Bonchev–Trinajstić information content (AvgIpc) is 2.96. The fourth-order valence-corrected chi connectivity index (χ4v) is 3.68. The molecule has 0 aliphatic heterocycles. The summed E-state index contributed by atoms with van der Waals surface area (Å²) in [6.45, 7) is 3.60. The third-order valence-corrected chi connectivity index (χ3v) is 5.19. The van der Waals surface area contributed by atoms with Crippen LogP contribution in [0.4, 0.5) is 0 Å². The lowest BCUT2D eigenvalue weighted by Crippen LogP contribution is -2.36. The zero-order valence-corrected chi connectivity index (χ0v) is 13.9. The highest BCUT2D eigenvalue weighted by Gasteiger charge is 2.17. The van der Waals surface area contributed by atoms with Crippen molar-refractivity contribution in [3.05, 3.63) is 45.9 Å². The number of benzene rings is 1. The molecule has 0 aliphatic carbocycles. The van der Waals surface area contributed by atoms with E-state index in [0.717, 1.165) is 11.3 Å². The number of nitrogens with one attached hydrogen (secondary N) is 2. The van der Waals surface area contributed by atoms with E-state index in [-0.39, 0.29) is 18.0 Å². The number of amides is 1. The van der Waals surface area contributed by atoms with Gasteiger partial charge in [-0.1, -0.05) is 17.7 Å². The van der Waals surface area contributed by atoms with Crippen LogP contribution in [0.15, 0.2) is 34.0 Å². The number of carbonyl (C=O) groups is 1. The molecule has 0 bridgehead atoms. The summed E-state index contributed by atoms with van der Waals surface area (Å²) in [6, 6.07) is 5.06. The van der Waals surface area contributed by atoms with Crippen molar-refractivity contribution in [2.45, 2.75) is 25.3 Å². The van der Waals surface area contributed by atoms with E-state index >= 15 is 0 Å². The van der Waals surface area contributed by atoms with Crippen LogP contribution < -0.4 is 10.0 Å². The lowest BCUT2D eigenvalue weighted by atomic mass is 10.2. The molecule has 0 unspecified atom stereocenters. The molecule has 1 heterocycles. The van der Waals surface area contributed by atoms with E-state index in [0.29, 0.717) is 5.56 Å². The van der Waals surface area contributed by atoms with Crippen molar-refractivity contribution >= 4 is 27.3 Å². The van der Waals surface area contributed by atoms with Gasteiger partial charge in [-0.3, -0.25) is 4.79 Å². The van der Waals surface area contributed by atoms with Crippen molar-refractivity contribution in [2.75, 3.05) is 6.54 Å². The van der Waals surface area contributed by atoms with Gasteiger partial charge in [-0.05, 0) is 25.5 Å². The lowest BCUT2D eigenvalue weighted by molar-refractivity contribution is -0.120. The van der Waals surface area contributed by atoms with Gasteiger partial charge in [-0.25, -0.2) is 18.1 Å². The first-order valence-corrected chi connectivity index (χ1v) is 9.02. The van der Waals surface area contributed by atoms with Crippen LogP contribution >= 0.6 is 11.3 Å². The van der Waals surface area contributed by atoms with E-state index in [2.05, 4.69) is 15.0 Å². The summed E-state index contributed by atoms with van der Waals surface area (Å²) >= 11 is 1.43. The molecule has 1 aromatic carbocycles. The van der Waals surface area contributed by atoms with Crippen molar-refractivity contribution in [1.29, 1.82) is 0 Å². The molecular weight excluding hydrogens is 322 g/mol. The van der Waals surface area contributed by atoms with Crippen LogP contribution in [0.1, 0.15) is 16.8 Å². The van der Waals surface area contributed by atoms with E-state index in [9.17, 15) is 13.2 Å². The Hall–Kier alpha value is -1.77. The first-order chi connectivity index (χ1) is 10.4. The Balaban J connectivity index is 1.93. The van der Waals surface area contributed by atoms with Gasteiger partial charge in [0.05, 0.1) is 29.2 Å². The Kier molecular flexibility index (Phi) is 5.28. The second-order valence-electron chi connectivity index (χ2n) is 4.85. The van der Waals surface area contributed by atoms with Gasteiger partial charge >= 0.3 is 0 Å². The SMILES string of the molecule is Cc1ccc(S(=O)(=O)NCC(=O)NCc2cscn2)c(C)c1. The Morgan fingerprint density at radius 3 is 2.73 bits per heavy atom. The Morgan fingerprint density at radius 1 is 1.32 bits per heavy atom. The van der Waals surface area contributed by atoms with Gasteiger partial charge in [0.1, 0.15) is 0 Å². The van der Waals surface area contributed by atoms with Crippen molar-refractivity contribution in [3.63, 3.8) is 0 Å². The second kappa shape index (κ2) is 6.99. The summed E-state index contributed by atoms with van der Waals surface area (Å²) < 4.78 is 26.7. The third kappa shape index (κ3) is 4.36. The van der Waals surface area contributed by atoms with Crippen LogP contribution in [-0.4, -0.2) is 25.9 Å². The van der Waals surface area contributed by atoms with Gasteiger partial charge in [0.15, 0.2) is 0 Å². The molecule has 0 saturated carbocycles. The quantitative estimate of drug-likeness (QED) is 0.832. The minimum atomic E-state index is -3.70. The molecule has 6 nitrogen and oxygen atoms in total. The zero-order chi connectivity index (χ0) is 16.2. The predicted octanol–water partition coefficient (Wildman–Crippen LogP) is 1.35. The van der Waals surface area contributed by atoms with Crippen LogP contribution in [-0.2, 0) is 21.4 Å². The molecule has 8 heteroatoms. The van der Waals surface area contributed by atoms with Crippen molar-refractivity contribution in [1.82, 2.24) is 15.0 Å². The molecule has 0 radical (unpaired) electrons. The van der Waals surface area contributed by atoms with Gasteiger partial charge in [0.25, 0.3) is 0 Å². The number of aromatic nitrogens is 1. The molecule has 1 amide bonds. The van der Waals surface area contributed by atoms with E-state index < -0.39 is 15.9 Å². The van der Waals surface area contributed by atoms with E-state index in [1.807, 2.05) is 12.3 Å². The molecule has 0 spiro atoms. The number of sulfonamides is 1. The molecule has 2 N–H and O–H groups in total. The topological polar surface area (TPSA) is 88.2 Å². The first-order valence-electron chi connectivity index (χ1n) is 6.59. The van der Waals surface area contributed by atoms with Crippen molar-refractivity contribution in [2.24, 2.45) is 0 Å². The predicted molar refractivity (Wildman–Crippen MR) is 85.1 cm³/mol. The Morgan fingerprint density at radius 2 is 2.09 bits per heavy atom. The molecule has 0 atom stereocenters. The number of carbonyl (C=O) groups excluding carboxylic acids is 1. The van der Waals surface area contributed by atoms with Crippen LogP contribution in [0.25, 0.3) is 0 Å². The van der Waals surface area contributed by atoms with Gasteiger partial charge in [0, 0.05) is 5.38 Å². The molecule has 1 aromatic heterocycles. The van der Waals surface area contributed by atoms with Gasteiger partial charge < -0.3 is 5.32 Å². The van der Waals surface area contributed by atoms with E-state index in [1.54, 1.807) is 30.6 Å². The second-order valence-corrected chi connectivity index (χ2v) is 7.30. The Labute approximate surface area is 133 Å². The number of rotatable bonds is 6. The summed E-state index contributed by atoms with van der Waals surface area (Å²) in [7, 11) is -3.70. The highest BCUT2D eigenvalue weighted by atomic mass is 32.2. The molecule has 0 saturated heterocycles. The summed E-state index contributed by atoms with van der Waals surface area (Å²) in [5.74, 6) is -0.402. The maximum atomic E-state index is 12.2. The van der Waals surface area contributed by atoms with Gasteiger partial charge in [-0.2, -0.15) is 0 Å². The molecule has 118 valence electrons. The Bertz CT molecular complexity index is 756. The fourth-order valence-electron chi connectivity index (χ4n) is 1.92. The van der Waals surface area contributed by atoms with Crippen molar-refractivity contribution in [3.8, 4) is 0 Å². The van der Waals surface area contributed by atoms with Gasteiger partial charge in [0.2, 0.25) is 15.9 Å². The maximum Gasteiger partial charge on any atom is 0.241 e. The average molecular weight is 339 g/mol. The van der Waals surface area contributed by atoms with Crippen LogP contribution in [0.3, 0.4) is 0 Å². The summed E-state index contributed by atoms with van der Waals surface area (Å²) in [4.78, 5) is 15.9. The number of thiazole rings is 1. The highest BCUT2D eigenvalue weighted by molar-refractivity contribution is 7.89. The van der Waals surface area contributed by atoms with Crippen LogP contribution in [0.2, 0.25) is 0 Å². The molecular formula is C14H17N3O3S2. The molecule has 22 heavy (non-hydrogen) atoms. The maximum absolute atomic E-state index is 12.2. The number of hydrogen-bond donors (Lipinski definition) is 2. The minimum absolute atomic E-state index is 0.186. The summed E-state index contributed by atoms with van der Waals surface area (Å²) in [6.07, 6.45) is 0. The smallest absolute Gasteiger partial charge is 0.241 e. The number of hydrogen-bond acceptors (Lipinski definition) is 5. The lowest BCUT2D eigenvalue weighted by Gasteiger charge is -2.10. The monoisotopic (exact) mass is 339 g/mol. The standard InChI is InChI=1S/C14H17N3O3S2/c1-10-3-4-13(11(2)5-10)22(19,20)17-7-14(18)15-6-12-8-21-9-16-12/h3-5,8-9,17H,6-7H2,1-2H3,(H,15,18). The molecule has 0 aliphatic rings. The van der Waals surface area contributed by atoms with Crippen LogP contribution in [0.5, 0.6) is 0 Å². The minimum Gasteiger partial charge on any atom is -0.349 e. The zero-order valence-electron chi connectivity index (χ0n) is 12.3. The van der Waals surface area contributed by atoms with E-state index in [4.69, 9.17) is 0 Å². The van der Waals surface area contributed by atoms with Gasteiger partial charge in [-0.15, -0.1) is 11.3 Å². The third-order valence-electron chi connectivity index (χ3n) is 2.99. The van der Waals surface area contributed by atoms with Crippen molar-refractivity contribution < 1.29 is 13.2 Å².